The first-order valence-corrected chi connectivity index (χ1v) is 9.45. The number of carbonyl (C=O) groups is 1. The zero-order valence-electron chi connectivity index (χ0n) is 12.6. The minimum absolute atomic E-state index is 0.0109. The molecule has 128 valence electrons. The van der Waals surface area contributed by atoms with Crippen LogP contribution in [0, 0.1) is 5.82 Å². The lowest BCUT2D eigenvalue weighted by Gasteiger charge is -2.07. The summed E-state index contributed by atoms with van der Waals surface area (Å²) in [6, 6.07) is 11.7. The molecule has 24 heavy (non-hydrogen) atoms. The Balaban J connectivity index is 1.76. The number of rotatable bonds is 7. The van der Waals surface area contributed by atoms with Crippen LogP contribution in [-0.4, -0.2) is 20.9 Å². The molecule has 2 N–H and O–H groups in total. The molecular weight excluding hydrogens is 399 g/mol. The summed E-state index contributed by atoms with van der Waals surface area (Å²) in [6.07, 6.45) is 0.533. The summed E-state index contributed by atoms with van der Waals surface area (Å²) in [7, 11) is -3.69. The molecule has 0 aromatic heterocycles. The van der Waals surface area contributed by atoms with Gasteiger partial charge in [0.05, 0.1) is 4.90 Å². The van der Waals surface area contributed by atoms with Gasteiger partial charge in [-0.05, 0) is 55.0 Å². The molecule has 0 aliphatic carbocycles. The fourth-order valence-electron chi connectivity index (χ4n) is 1.91. The highest BCUT2D eigenvalue weighted by Crippen LogP contribution is 2.14. The molecule has 8 heteroatoms. The Labute approximate surface area is 148 Å². The third kappa shape index (κ3) is 5.70. The van der Waals surface area contributed by atoms with Crippen LogP contribution in [0.3, 0.4) is 0 Å². The molecule has 0 radical (unpaired) electrons. The second kappa shape index (κ2) is 8.36. The minimum Gasteiger partial charge on any atom is -0.326 e. The predicted molar refractivity (Wildman–Crippen MR) is 93.6 cm³/mol. The number of benzene rings is 2. The number of nitrogens with one attached hydrogen (secondary N) is 2. The van der Waals surface area contributed by atoms with Gasteiger partial charge < -0.3 is 5.32 Å². The van der Waals surface area contributed by atoms with Crippen molar-refractivity contribution in [3.05, 3.63) is 58.8 Å². The first-order valence-electron chi connectivity index (χ1n) is 7.17. The summed E-state index contributed by atoms with van der Waals surface area (Å²) >= 11 is 3.31. The summed E-state index contributed by atoms with van der Waals surface area (Å²) in [5, 5.41) is 2.73. The van der Waals surface area contributed by atoms with Gasteiger partial charge in [0.15, 0.2) is 0 Å². The number of sulfonamides is 1. The van der Waals surface area contributed by atoms with Gasteiger partial charge in [-0.1, -0.05) is 15.9 Å². The number of halogens is 2. The van der Waals surface area contributed by atoms with E-state index in [9.17, 15) is 17.6 Å². The first-order chi connectivity index (χ1) is 11.4. The van der Waals surface area contributed by atoms with E-state index in [1.807, 2.05) is 12.1 Å². The Morgan fingerprint density at radius 1 is 1.04 bits per heavy atom. The van der Waals surface area contributed by atoms with Crippen LogP contribution in [0.5, 0.6) is 0 Å². The van der Waals surface area contributed by atoms with Crippen molar-refractivity contribution in [1.82, 2.24) is 4.72 Å². The van der Waals surface area contributed by atoms with Gasteiger partial charge in [0.1, 0.15) is 5.82 Å². The van der Waals surface area contributed by atoms with Gasteiger partial charge in [0.25, 0.3) is 0 Å². The van der Waals surface area contributed by atoms with Gasteiger partial charge in [0, 0.05) is 23.1 Å². The van der Waals surface area contributed by atoms with E-state index >= 15 is 0 Å². The molecule has 0 spiro atoms. The molecular formula is C16H16BrFN2O3S. The average molecular weight is 415 g/mol. The highest BCUT2D eigenvalue weighted by molar-refractivity contribution is 9.10. The van der Waals surface area contributed by atoms with Crippen LogP contribution in [-0.2, 0) is 14.8 Å². The van der Waals surface area contributed by atoms with Gasteiger partial charge >= 0.3 is 0 Å². The van der Waals surface area contributed by atoms with Crippen molar-refractivity contribution in [3.63, 3.8) is 0 Å². The molecule has 5 nitrogen and oxygen atoms in total. The van der Waals surface area contributed by atoms with E-state index in [1.54, 1.807) is 12.1 Å². The van der Waals surface area contributed by atoms with Crippen molar-refractivity contribution in [3.8, 4) is 0 Å². The van der Waals surface area contributed by atoms with Crippen molar-refractivity contribution in [2.24, 2.45) is 0 Å². The summed E-state index contributed by atoms with van der Waals surface area (Å²) in [6.45, 7) is 0.119. The lowest BCUT2D eigenvalue weighted by Crippen LogP contribution is -2.25. The maximum Gasteiger partial charge on any atom is 0.240 e. The van der Waals surface area contributed by atoms with E-state index in [0.717, 1.165) is 16.6 Å². The lowest BCUT2D eigenvalue weighted by atomic mass is 10.2. The fraction of sp³-hybridized carbons (Fsp3) is 0.188. The molecule has 0 aliphatic rings. The molecule has 0 heterocycles. The average Bonchev–Trinajstić information content (AvgIpc) is 2.54. The second-order valence-corrected chi connectivity index (χ2v) is 7.69. The number of anilines is 1. The van der Waals surface area contributed by atoms with E-state index < -0.39 is 15.8 Å². The molecule has 1 amide bonds. The normalized spacial score (nSPS) is 11.2. The van der Waals surface area contributed by atoms with Crippen molar-refractivity contribution >= 4 is 37.5 Å². The fourth-order valence-corrected chi connectivity index (χ4v) is 3.25. The van der Waals surface area contributed by atoms with Crippen LogP contribution in [0.2, 0.25) is 0 Å². The molecule has 0 bridgehead atoms. The summed E-state index contributed by atoms with van der Waals surface area (Å²) < 4.78 is 40.1. The van der Waals surface area contributed by atoms with Crippen LogP contribution in [0.4, 0.5) is 10.1 Å². The van der Waals surface area contributed by atoms with E-state index in [2.05, 4.69) is 26.0 Å². The highest BCUT2D eigenvalue weighted by Gasteiger charge is 2.13. The maximum atomic E-state index is 12.8. The molecule has 0 saturated carbocycles. The van der Waals surface area contributed by atoms with E-state index in [4.69, 9.17) is 0 Å². The third-order valence-corrected chi connectivity index (χ3v) is 5.13. The van der Waals surface area contributed by atoms with Gasteiger partial charge in [-0.3, -0.25) is 4.79 Å². The topological polar surface area (TPSA) is 75.3 Å². The molecule has 2 rings (SSSR count). The first kappa shape index (κ1) is 18.6. The Hall–Kier alpha value is -1.77. The zero-order valence-corrected chi connectivity index (χ0v) is 15.0. The smallest absolute Gasteiger partial charge is 0.240 e. The Morgan fingerprint density at radius 3 is 2.29 bits per heavy atom. The number of amides is 1. The Bertz CT molecular complexity index is 793. The molecule has 0 fully saturated rings. The highest BCUT2D eigenvalue weighted by atomic mass is 79.9. The molecule has 0 saturated heterocycles. The second-order valence-electron chi connectivity index (χ2n) is 5.01. The summed E-state index contributed by atoms with van der Waals surface area (Å²) in [4.78, 5) is 11.8. The molecule has 0 atom stereocenters. The number of carbonyl (C=O) groups excluding carboxylic acids is 1. The quantitative estimate of drug-likeness (QED) is 0.682. The van der Waals surface area contributed by atoms with Crippen molar-refractivity contribution in [2.45, 2.75) is 17.7 Å². The van der Waals surface area contributed by atoms with Crippen molar-refractivity contribution < 1.29 is 17.6 Å². The summed E-state index contributed by atoms with van der Waals surface area (Å²) in [5.41, 5.74) is 0.676. The van der Waals surface area contributed by atoms with Crippen LogP contribution in [0.15, 0.2) is 57.9 Å². The largest absolute Gasteiger partial charge is 0.326 e. The van der Waals surface area contributed by atoms with Crippen LogP contribution in [0.1, 0.15) is 12.8 Å². The SMILES string of the molecule is O=C(CCCNS(=O)(=O)c1ccc(F)cc1)Nc1ccc(Br)cc1. The molecule has 0 unspecified atom stereocenters. The van der Waals surface area contributed by atoms with Crippen LogP contribution >= 0.6 is 15.9 Å². The standard InChI is InChI=1S/C16H16BrFN2O3S/c17-12-3-7-14(8-4-12)20-16(21)2-1-11-19-24(22,23)15-9-5-13(18)6-10-15/h3-10,19H,1-2,11H2,(H,20,21). The molecule has 2 aromatic rings. The lowest BCUT2D eigenvalue weighted by molar-refractivity contribution is -0.116. The Morgan fingerprint density at radius 2 is 1.67 bits per heavy atom. The van der Waals surface area contributed by atoms with E-state index in [1.165, 1.54) is 12.1 Å². The number of hydrogen-bond donors (Lipinski definition) is 2. The molecule has 0 aliphatic heterocycles. The monoisotopic (exact) mass is 414 g/mol. The van der Waals surface area contributed by atoms with Crippen molar-refractivity contribution in [1.29, 1.82) is 0 Å². The van der Waals surface area contributed by atoms with Gasteiger partial charge in [-0.15, -0.1) is 0 Å². The Kier molecular flexibility index (Phi) is 6.47. The number of hydrogen-bond acceptors (Lipinski definition) is 3. The molecule has 2 aromatic carbocycles. The van der Waals surface area contributed by atoms with Crippen molar-refractivity contribution in [2.75, 3.05) is 11.9 Å². The minimum atomic E-state index is -3.69. The van der Waals surface area contributed by atoms with Gasteiger partial charge in [-0.25, -0.2) is 17.5 Å². The van der Waals surface area contributed by atoms with Gasteiger partial charge in [0.2, 0.25) is 15.9 Å². The summed E-state index contributed by atoms with van der Waals surface area (Å²) in [5.74, 6) is -0.697. The predicted octanol–water partition coefficient (Wildman–Crippen LogP) is 3.29. The zero-order chi connectivity index (χ0) is 17.6. The van der Waals surface area contributed by atoms with E-state index in [-0.39, 0.29) is 23.8 Å². The van der Waals surface area contributed by atoms with E-state index in [0.29, 0.717) is 12.1 Å². The third-order valence-electron chi connectivity index (χ3n) is 3.12. The van der Waals surface area contributed by atoms with Gasteiger partial charge in [-0.2, -0.15) is 0 Å². The van der Waals surface area contributed by atoms with Crippen LogP contribution in [0.25, 0.3) is 0 Å². The van der Waals surface area contributed by atoms with Crippen LogP contribution < -0.4 is 10.0 Å². The maximum absolute atomic E-state index is 12.8.